The molecule has 1 aliphatic heterocycles. The Morgan fingerprint density at radius 2 is 2.22 bits per heavy atom. The van der Waals surface area contributed by atoms with Crippen LogP contribution >= 0.6 is 11.3 Å². The van der Waals surface area contributed by atoms with E-state index in [0.717, 1.165) is 24.3 Å². The summed E-state index contributed by atoms with van der Waals surface area (Å²) in [5, 5.41) is 8.38. The van der Waals surface area contributed by atoms with Gasteiger partial charge in [0.2, 0.25) is 5.91 Å². The zero-order valence-corrected chi connectivity index (χ0v) is 10.7. The molecule has 18 heavy (non-hydrogen) atoms. The highest BCUT2D eigenvalue weighted by Crippen LogP contribution is 2.26. The fourth-order valence-electron chi connectivity index (χ4n) is 2.10. The molecule has 2 aromatic rings. The van der Waals surface area contributed by atoms with E-state index in [9.17, 15) is 4.79 Å². The number of nitrogens with one attached hydrogen (secondary N) is 2. The predicted octanol–water partition coefficient (Wildman–Crippen LogP) is 3.24. The molecule has 3 rings (SSSR count). The van der Waals surface area contributed by atoms with Gasteiger partial charge in [-0.3, -0.25) is 4.79 Å². The maximum atomic E-state index is 11.3. The molecule has 0 atom stereocenters. The fraction of sp³-hybridized carbons (Fsp3) is 0.214. The van der Waals surface area contributed by atoms with E-state index in [1.54, 1.807) is 11.3 Å². The summed E-state index contributed by atoms with van der Waals surface area (Å²) in [6.07, 6.45) is 1.41. The minimum absolute atomic E-state index is 0.113. The molecule has 1 aromatic heterocycles. The average molecular weight is 258 g/mol. The van der Waals surface area contributed by atoms with Crippen LogP contribution in [0.25, 0.3) is 0 Å². The van der Waals surface area contributed by atoms with Crippen LogP contribution in [0.1, 0.15) is 16.9 Å². The molecule has 0 fully saturated rings. The minimum atomic E-state index is 0.113. The van der Waals surface area contributed by atoms with E-state index in [0.29, 0.717) is 6.42 Å². The van der Waals surface area contributed by atoms with Crippen LogP contribution in [-0.4, -0.2) is 5.91 Å². The van der Waals surface area contributed by atoms with Gasteiger partial charge in [-0.2, -0.15) is 0 Å². The van der Waals surface area contributed by atoms with Crippen molar-refractivity contribution in [3.05, 3.63) is 46.2 Å². The Balaban J connectivity index is 1.72. The Kier molecular flexibility index (Phi) is 3.02. The lowest BCUT2D eigenvalue weighted by atomic mass is 10.0. The summed E-state index contributed by atoms with van der Waals surface area (Å²) in [6, 6.07) is 10.3. The standard InChI is InChI=1S/C14H14N2OS/c17-14-6-3-10-8-11(4-5-13(10)16-14)15-9-12-2-1-7-18-12/h1-2,4-5,7-8,15H,3,6,9H2,(H,16,17). The number of thiophene rings is 1. The summed E-state index contributed by atoms with van der Waals surface area (Å²) in [7, 11) is 0. The normalized spacial score (nSPS) is 13.9. The van der Waals surface area contributed by atoms with Gasteiger partial charge < -0.3 is 10.6 Å². The lowest BCUT2D eigenvalue weighted by Crippen LogP contribution is -2.18. The largest absolute Gasteiger partial charge is 0.380 e. The molecule has 0 radical (unpaired) electrons. The lowest BCUT2D eigenvalue weighted by molar-refractivity contribution is -0.116. The summed E-state index contributed by atoms with van der Waals surface area (Å²) >= 11 is 1.75. The van der Waals surface area contributed by atoms with Crippen LogP contribution in [-0.2, 0) is 17.8 Å². The summed E-state index contributed by atoms with van der Waals surface area (Å²) in [4.78, 5) is 12.6. The van der Waals surface area contributed by atoms with Crippen LogP contribution in [0.4, 0.5) is 11.4 Å². The molecule has 0 bridgehead atoms. The third-order valence-electron chi connectivity index (χ3n) is 3.05. The summed E-state index contributed by atoms with van der Waals surface area (Å²) in [5.41, 5.74) is 3.28. The molecular formula is C14H14N2OS. The molecule has 92 valence electrons. The van der Waals surface area contributed by atoms with E-state index in [1.165, 1.54) is 10.4 Å². The second kappa shape index (κ2) is 4.82. The topological polar surface area (TPSA) is 41.1 Å². The smallest absolute Gasteiger partial charge is 0.224 e. The number of hydrogen-bond acceptors (Lipinski definition) is 3. The molecule has 0 unspecified atom stereocenters. The van der Waals surface area contributed by atoms with Crippen molar-refractivity contribution in [1.29, 1.82) is 0 Å². The van der Waals surface area contributed by atoms with Gasteiger partial charge in [0.05, 0.1) is 0 Å². The molecule has 4 heteroatoms. The molecule has 0 saturated carbocycles. The van der Waals surface area contributed by atoms with Crippen molar-refractivity contribution < 1.29 is 4.79 Å². The number of carbonyl (C=O) groups is 1. The van der Waals surface area contributed by atoms with Crippen molar-refractivity contribution in [3.63, 3.8) is 0 Å². The van der Waals surface area contributed by atoms with Gasteiger partial charge in [-0.25, -0.2) is 0 Å². The van der Waals surface area contributed by atoms with E-state index in [-0.39, 0.29) is 5.91 Å². The monoisotopic (exact) mass is 258 g/mol. The second-order valence-electron chi connectivity index (χ2n) is 4.35. The molecule has 0 aliphatic carbocycles. The SMILES string of the molecule is O=C1CCc2cc(NCc3cccs3)ccc2N1. The van der Waals surface area contributed by atoms with Crippen molar-refractivity contribution in [2.75, 3.05) is 10.6 Å². The number of aryl methyl sites for hydroxylation is 1. The maximum absolute atomic E-state index is 11.3. The lowest BCUT2D eigenvalue weighted by Gasteiger charge is -2.17. The number of rotatable bonds is 3. The minimum Gasteiger partial charge on any atom is -0.380 e. The van der Waals surface area contributed by atoms with E-state index < -0.39 is 0 Å². The van der Waals surface area contributed by atoms with Gasteiger partial charge in [0, 0.05) is 29.2 Å². The van der Waals surface area contributed by atoms with Gasteiger partial charge in [0.25, 0.3) is 0 Å². The summed E-state index contributed by atoms with van der Waals surface area (Å²) in [6.45, 7) is 0.850. The first kappa shape index (κ1) is 11.3. The Bertz CT molecular complexity index is 563. The average Bonchev–Trinajstić information content (AvgIpc) is 2.89. The van der Waals surface area contributed by atoms with Gasteiger partial charge in [0.1, 0.15) is 0 Å². The second-order valence-corrected chi connectivity index (χ2v) is 5.39. The summed E-state index contributed by atoms with van der Waals surface area (Å²) < 4.78 is 0. The Labute approximate surface area is 110 Å². The first-order valence-electron chi connectivity index (χ1n) is 6.00. The summed E-state index contributed by atoms with van der Waals surface area (Å²) in [5.74, 6) is 0.113. The van der Waals surface area contributed by atoms with Gasteiger partial charge in [0.15, 0.2) is 0 Å². The number of benzene rings is 1. The van der Waals surface area contributed by atoms with E-state index in [4.69, 9.17) is 0 Å². The van der Waals surface area contributed by atoms with Crippen LogP contribution in [0.5, 0.6) is 0 Å². The number of hydrogen-bond donors (Lipinski definition) is 2. The number of amides is 1. The van der Waals surface area contributed by atoms with Crippen molar-refractivity contribution >= 4 is 28.6 Å². The van der Waals surface area contributed by atoms with Crippen LogP contribution < -0.4 is 10.6 Å². The number of carbonyl (C=O) groups excluding carboxylic acids is 1. The van der Waals surface area contributed by atoms with Gasteiger partial charge in [-0.05, 0) is 41.6 Å². The molecular weight excluding hydrogens is 244 g/mol. The quantitative estimate of drug-likeness (QED) is 0.887. The molecule has 0 saturated heterocycles. The molecule has 1 amide bonds. The van der Waals surface area contributed by atoms with Crippen molar-refractivity contribution in [2.45, 2.75) is 19.4 Å². The highest BCUT2D eigenvalue weighted by molar-refractivity contribution is 7.09. The maximum Gasteiger partial charge on any atom is 0.224 e. The van der Waals surface area contributed by atoms with Gasteiger partial charge in [-0.1, -0.05) is 6.07 Å². The zero-order valence-electron chi connectivity index (χ0n) is 9.90. The molecule has 3 nitrogen and oxygen atoms in total. The van der Waals surface area contributed by atoms with Crippen LogP contribution in [0.3, 0.4) is 0 Å². The molecule has 0 spiro atoms. The van der Waals surface area contributed by atoms with E-state index in [1.807, 2.05) is 12.1 Å². The highest BCUT2D eigenvalue weighted by atomic mass is 32.1. The molecule has 2 N–H and O–H groups in total. The first-order chi connectivity index (χ1) is 8.81. The fourth-order valence-corrected chi connectivity index (χ4v) is 2.74. The Morgan fingerprint density at radius 1 is 1.28 bits per heavy atom. The number of fused-ring (bicyclic) bond motifs is 1. The van der Waals surface area contributed by atoms with Crippen molar-refractivity contribution in [1.82, 2.24) is 0 Å². The first-order valence-corrected chi connectivity index (χ1v) is 6.88. The highest BCUT2D eigenvalue weighted by Gasteiger charge is 2.14. The van der Waals surface area contributed by atoms with E-state index in [2.05, 4.69) is 34.2 Å². The Hall–Kier alpha value is -1.81. The van der Waals surface area contributed by atoms with Crippen molar-refractivity contribution in [3.8, 4) is 0 Å². The zero-order chi connectivity index (χ0) is 12.4. The van der Waals surface area contributed by atoms with Gasteiger partial charge in [-0.15, -0.1) is 11.3 Å². The third kappa shape index (κ3) is 2.38. The third-order valence-corrected chi connectivity index (χ3v) is 3.92. The van der Waals surface area contributed by atoms with E-state index >= 15 is 0 Å². The van der Waals surface area contributed by atoms with Crippen LogP contribution in [0, 0.1) is 0 Å². The molecule has 2 heterocycles. The molecule has 1 aromatic carbocycles. The molecule has 1 aliphatic rings. The predicted molar refractivity (Wildman–Crippen MR) is 75.0 cm³/mol. The Morgan fingerprint density at radius 3 is 3.06 bits per heavy atom. The van der Waals surface area contributed by atoms with Gasteiger partial charge >= 0.3 is 0 Å². The van der Waals surface area contributed by atoms with Crippen LogP contribution in [0.2, 0.25) is 0 Å². The number of anilines is 2. The van der Waals surface area contributed by atoms with Crippen molar-refractivity contribution in [2.24, 2.45) is 0 Å². The van der Waals surface area contributed by atoms with Crippen LogP contribution in [0.15, 0.2) is 35.7 Å².